The highest BCUT2D eigenvalue weighted by molar-refractivity contribution is 5.87. The summed E-state index contributed by atoms with van der Waals surface area (Å²) in [6.45, 7) is 9.14. The topological polar surface area (TPSA) is 64.6 Å². The highest BCUT2D eigenvalue weighted by Crippen LogP contribution is 2.40. The molecule has 0 spiro atoms. The van der Waals surface area contributed by atoms with E-state index in [0.29, 0.717) is 0 Å². The number of hydrogen-bond donors (Lipinski definition) is 1. The van der Waals surface area contributed by atoms with Crippen LogP contribution in [0.5, 0.6) is 0 Å². The van der Waals surface area contributed by atoms with Gasteiger partial charge in [-0.3, -0.25) is 10.1 Å². The van der Waals surface area contributed by atoms with Crippen LogP contribution in [0.4, 0.5) is 4.79 Å². The number of fused-ring (bicyclic) bond motifs is 2. The van der Waals surface area contributed by atoms with Crippen LogP contribution in [-0.4, -0.2) is 29.3 Å². The summed E-state index contributed by atoms with van der Waals surface area (Å²) in [5.41, 5.74) is -1.65. The molecule has 2 aliphatic heterocycles. The average molecular weight is 281 g/mol. The molecule has 0 radical (unpaired) electrons. The van der Waals surface area contributed by atoms with Crippen molar-refractivity contribution in [1.82, 2.24) is 5.32 Å². The summed E-state index contributed by atoms with van der Waals surface area (Å²) in [4.78, 5) is 24.3. The molecule has 2 aliphatic rings. The first-order valence-corrected chi connectivity index (χ1v) is 7.10. The van der Waals surface area contributed by atoms with E-state index in [0.717, 1.165) is 6.42 Å². The maximum atomic E-state index is 12.4. The van der Waals surface area contributed by atoms with Crippen LogP contribution in [0.15, 0.2) is 12.2 Å². The van der Waals surface area contributed by atoms with Gasteiger partial charge in [0.1, 0.15) is 11.4 Å². The van der Waals surface area contributed by atoms with E-state index < -0.39 is 23.3 Å². The number of carbonyl (C=O) groups is 2. The standard InChI is InChI=1S/C15H23NO4/c1-6-10-11-7-8-15(19-11,9(2)12(10)17)16-13(18)20-14(3,4)5/h7-11H,6H2,1-5H3,(H,16,18)/t9-,10-,11+,15-/m0/s1. The van der Waals surface area contributed by atoms with Crippen LogP contribution >= 0.6 is 0 Å². The fraction of sp³-hybridized carbons (Fsp3) is 0.733. The Hall–Kier alpha value is -1.36. The molecule has 0 aliphatic carbocycles. The molecular weight excluding hydrogens is 258 g/mol. The van der Waals surface area contributed by atoms with E-state index in [1.165, 1.54) is 0 Å². The summed E-state index contributed by atoms with van der Waals surface area (Å²) < 4.78 is 11.2. The van der Waals surface area contributed by atoms with Gasteiger partial charge in [-0.2, -0.15) is 0 Å². The average Bonchev–Trinajstić information content (AvgIpc) is 2.67. The zero-order valence-electron chi connectivity index (χ0n) is 12.7. The molecule has 5 nitrogen and oxygen atoms in total. The molecule has 5 heteroatoms. The Labute approximate surface area is 119 Å². The number of amides is 1. The van der Waals surface area contributed by atoms with Gasteiger partial charge in [-0.1, -0.05) is 19.9 Å². The van der Waals surface area contributed by atoms with Crippen molar-refractivity contribution in [2.45, 2.75) is 58.5 Å². The van der Waals surface area contributed by atoms with Gasteiger partial charge in [-0.15, -0.1) is 0 Å². The molecule has 1 N–H and O–H groups in total. The first-order valence-electron chi connectivity index (χ1n) is 7.10. The van der Waals surface area contributed by atoms with Crippen molar-refractivity contribution in [2.24, 2.45) is 11.8 Å². The predicted molar refractivity (Wildman–Crippen MR) is 74.1 cm³/mol. The predicted octanol–water partition coefficient (Wildman–Crippen LogP) is 2.41. The van der Waals surface area contributed by atoms with E-state index in [1.54, 1.807) is 33.8 Å². The van der Waals surface area contributed by atoms with Crippen molar-refractivity contribution < 1.29 is 19.1 Å². The van der Waals surface area contributed by atoms with Crippen LogP contribution in [0, 0.1) is 11.8 Å². The molecule has 0 saturated carbocycles. The molecule has 0 aromatic heterocycles. The Bertz CT molecular complexity index is 451. The van der Waals surface area contributed by atoms with Crippen molar-refractivity contribution >= 4 is 11.9 Å². The number of carbonyl (C=O) groups excluding carboxylic acids is 2. The highest BCUT2D eigenvalue weighted by atomic mass is 16.6. The van der Waals surface area contributed by atoms with Gasteiger partial charge >= 0.3 is 6.09 Å². The van der Waals surface area contributed by atoms with E-state index in [1.807, 2.05) is 13.0 Å². The van der Waals surface area contributed by atoms with E-state index in [2.05, 4.69) is 5.32 Å². The molecule has 20 heavy (non-hydrogen) atoms. The lowest BCUT2D eigenvalue weighted by molar-refractivity contribution is -0.165. The molecule has 1 saturated heterocycles. The normalized spacial score (nSPS) is 36.0. The Balaban J connectivity index is 2.14. The summed E-state index contributed by atoms with van der Waals surface area (Å²) in [5, 5.41) is 2.71. The first-order chi connectivity index (χ1) is 9.18. The number of hydrogen-bond acceptors (Lipinski definition) is 4. The second-order valence-corrected chi connectivity index (χ2v) is 6.50. The fourth-order valence-corrected chi connectivity index (χ4v) is 2.77. The second-order valence-electron chi connectivity index (χ2n) is 6.50. The maximum Gasteiger partial charge on any atom is 0.410 e. The van der Waals surface area contributed by atoms with Crippen molar-refractivity contribution in [3.05, 3.63) is 12.2 Å². The van der Waals surface area contributed by atoms with E-state index in [4.69, 9.17) is 9.47 Å². The molecule has 1 fully saturated rings. The van der Waals surface area contributed by atoms with Gasteiger partial charge in [0.15, 0.2) is 5.72 Å². The lowest BCUT2D eigenvalue weighted by Gasteiger charge is -2.41. The SMILES string of the molecule is CC[C@@H]1C(=O)[C@H](C)[C@]2(NC(=O)OC(C)(C)C)C=C[C@H]1O2. The number of ether oxygens (including phenoxy) is 2. The highest BCUT2D eigenvalue weighted by Gasteiger charge is 2.54. The van der Waals surface area contributed by atoms with Crippen LogP contribution in [0.3, 0.4) is 0 Å². The molecule has 2 bridgehead atoms. The third-order valence-electron chi connectivity index (χ3n) is 3.83. The summed E-state index contributed by atoms with van der Waals surface area (Å²) in [5.74, 6) is -0.419. The minimum Gasteiger partial charge on any atom is -0.444 e. The van der Waals surface area contributed by atoms with Crippen molar-refractivity contribution in [3.63, 3.8) is 0 Å². The second kappa shape index (κ2) is 4.88. The Morgan fingerprint density at radius 2 is 2.15 bits per heavy atom. The van der Waals surface area contributed by atoms with Gasteiger partial charge in [-0.25, -0.2) is 4.79 Å². The Morgan fingerprint density at radius 1 is 1.50 bits per heavy atom. The van der Waals surface area contributed by atoms with Crippen molar-refractivity contribution in [3.8, 4) is 0 Å². The largest absolute Gasteiger partial charge is 0.444 e. The third-order valence-corrected chi connectivity index (χ3v) is 3.83. The molecule has 0 unspecified atom stereocenters. The van der Waals surface area contributed by atoms with Gasteiger partial charge < -0.3 is 9.47 Å². The number of nitrogens with one attached hydrogen (secondary N) is 1. The number of Topliss-reactive ketones (excluding diaryl/α,β-unsaturated/α-hetero) is 1. The molecule has 1 amide bonds. The lowest BCUT2D eigenvalue weighted by atomic mass is 9.82. The van der Waals surface area contributed by atoms with Crippen LogP contribution in [0.1, 0.15) is 41.0 Å². The van der Waals surface area contributed by atoms with Crippen LogP contribution in [-0.2, 0) is 14.3 Å². The fourth-order valence-electron chi connectivity index (χ4n) is 2.77. The monoisotopic (exact) mass is 281 g/mol. The van der Waals surface area contributed by atoms with Gasteiger partial charge in [0.25, 0.3) is 0 Å². The summed E-state index contributed by atoms with van der Waals surface area (Å²) >= 11 is 0. The number of rotatable bonds is 2. The lowest BCUT2D eigenvalue weighted by Crippen LogP contribution is -2.60. The Kier molecular flexibility index (Phi) is 3.67. The molecule has 2 rings (SSSR count). The van der Waals surface area contributed by atoms with E-state index in [9.17, 15) is 9.59 Å². The zero-order valence-corrected chi connectivity index (χ0v) is 12.7. The van der Waals surface area contributed by atoms with Gasteiger partial charge in [0, 0.05) is 5.92 Å². The van der Waals surface area contributed by atoms with E-state index >= 15 is 0 Å². The molecule has 2 heterocycles. The quantitative estimate of drug-likeness (QED) is 0.789. The molecule has 0 aromatic carbocycles. The molecule has 4 atom stereocenters. The van der Waals surface area contributed by atoms with Crippen LogP contribution in [0.25, 0.3) is 0 Å². The van der Waals surface area contributed by atoms with Gasteiger partial charge in [0.05, 0.1) is 12.0 Å². The smallest absolute Gasteiger partial charge is 0.410 e. The van der Waals surface area contributed by atoms with Gasteiger partial charge in [0.2, 0.25) is 0 Å². The number of alkyl carbamates (subject to hydrolysis) is 1. The first kappa shape index (κ1) is 15.0. The summed E-state index contributed by atoms with van der Waals surface area (Å²) in [6, 6.07) is 0. The van der Waals surface area contributed by atoms with Crippen molar-refractivity contribution in [2.75, 3.05) is 0 Å². The molecule has 0 aromatic rings. The van der Waals surface area contributed by atoms with Crippen LogP contribution < -0.4 is 5.32 Å². The summed E-state index contributed by atoms with van der Waals surface area (Å²) in [6.07, 6.45) is 3.56. The van der Waals surface area contributed by atoms with E-state index in [-0.39, 0.29) is 17.8 Å². The zero-order chi connectivity index (χ0) is 15.1. The van der Waals surface area contributed by atoms with Crippen LogP contribution in [0.2, 0.25) is 0 Å². The minimum absolute atomic E-state index is 0.127. The summed E-state index contributed by atoms with van der Waals surface area (Å²) in [7, 11) is 0. The van der Waals surface area contributed by atoms with Crippen molar-refractivity contribution in [1.29, 1.82) is 0 Å². The Morgan fingerprint density at radius 3 is 2.70 bits per heavy atom. The molecular formula is C15H23NO4. The minimum atomic E-state index is -1.06. The molecule has 112 valence electrons. The maximum absolute atomic E-state index is 12.4. The third kappa shape index (κ3) is 2.59. The van der Waals surface area contributed by atoms with Gasteiger partial charge in [-0.05, 0) is 33.3 Å². The number of ketones is 1.